The molecule has 1 aliphatic heterocycles. The van der Waals surface area contributed by atoms with Crippen molar-refractivity contribution in [2.24, 2.45) is 0 Å². The minimum Gasteiger partial charge on any atom is -0.357 e. The number of rotatable bonds is 2. The molecule has 0 spiro atoms. The molecule has 1 aromatic rings. The predicted octanol–water partition coefficient (Wildman–Crippen LogP) is 0.940. The number of aromatic amines is 1. The lowest BCUT2D eigenvalue weighted by atomic mass is 10.0. The van der Waals surface area contributed by atoms with Crippen LogP contribution in [-0.4, -0.2) is 48.1 Å². The van der Waals surface area contributed by atoms with E-state index >= 15 is 0 Å². The van der Waals surface area contributed by atoms with E-state index in [1.165, 1.54) is 25.9 Å². The minimum absolute atomic E-state index is 0.659. The molecule has 0 saturated carbocycles. The molecule has 0 aromatic carbocycles. The summed E-state index contributed by atoms with van der Waals surface area (Å²) < 4.78 is 0. The molecule has 2 rings (SSSR count). The van der Waals surface area contributed by atoms with Crippen molar-refractivity contribution < 1.29 is 0 Å². The Balaban J connectivity index is 1.95. The fourth-order valence-electron chi connectivity index (χ4n) is 2.02. The van der Waals surface area contributed by atoms with Crippen LogP contribution in [0.5, 0.6) is 0 Å². The Bertz CT molecular complexity index is 262. The van der Waals surface area contributed by atoms with Crippen LogP contribution in [0.15, 0.2) is 12.5 Å². The van der Waals surface area contributed by atoms with Crippen molar-refractivity contribution in [1.82, 2.24) is 14.9 Å². The molecule has 1 aromatic heterocycles. The summed E-state index contributed by atoms with van der Waals surface area (Å²) in [4.78, 5) is 11.9. The van der Waals surface area contributed by atoms with Crippen LogP contribution in [0.4, 0.5) is 5.82 Å². The van der Waals surface area contributed by atoms with E-state index in [9.17, 15) is 0 Å². The van der Waals surface area contributed by atoms with Crippen LogP contribution in [0.3, 0.4) is 0 Å². The Hall–Kier alpha value is -1.03. The first-order valence-corrected chi connectivity index (χ1v) is 5.17. The number of hydrogen-bond acceptors (Lipinski definition) is 3. The van der Waals surface area contributed by atoms with Crippen LogP contribution in [0.25, 0.3) is 0 Å². The standard InChI is InChI=1S/C10H18N4/c1-13-5-3-9(4-6-13)14(2)10-7-11-8-12-10/h7-9H,3-6H2,1-2H3,(H,11,12). The van der Waals surface area contributed by atoms with Gasteiger partial charge in [0, 0.05) is 13.1 Å². The lowest BCUT2D eigenvalue weighted by Gasteiger charge is -2.35. The highest BCUT2D eigenvalue weighted by Crippen LogP contribution is 2.18. The van der Waals surface area contributed by atoms with Gasteiger partial charge in [0.15, 0.2) is 0 Å². The highest BCUT2D eigenvalue weighted by molar-refractivity contribution is 5.35. The highest BCUT2D eigenvalue weighted by Gasteiger charge is 2.21. The first kappa shape index (κ1) is 9.52. The van der Waals surface area contributed by atoms with Gasteiger partial charge in [0.25, 0.3) is 0 Å². The molecular formula is C10H18N4. The van der Waals surface area contributed by atoms with Crippen molar-refractivity contribution in [1.29, 1.82) is 0 Å². The molecule has 14 heavy (non-hydrogen) atoms. The monoisotopic (exact) mass is 194 g/mol. The minimum atomic E-state index is 0.659. The average molecular weight is 194 g/mol. The lowest BCUT2D eigenvalue weighted by molar-refractivity contribution is 0.252. The van der Waals surface area contributed by atoms with Gasteiger partial charge in [-0.2, -0.15) is 0 Å². The summed E-state index contributed by atoms with van der Waals surface area (Å²) in [5.41, 5.74) is 0. The number of nitrogens with zero attached hydrogens (tertiary/aromatic N) is 3. The van der Waals surface area contributed by atoms with Crippen molar-refractivity contribution in [2.75, 3.05) is 32.1 Å². The fraction of sp³-hybridized carbons (Fsp3) is 0.700. The molecule has 0 bridgehead atoms. The van der Waals surface area contributed by atoms with E-state index in [2.05, 4.69) is 33.9 Å². The highest BCUT2D eigenvalue weighted by atomic mass is 15.2. The zero-order chi connectivity index (χ0) is 9.97. The van der Waals surface area contributed by atoms with Gasteiger partial charge in [-0.05, 0) is 33.0 Å². The molecule has 0 radical (unpaired) electrons. The summed E-state index contributed by atoms with van der Waals surface area (Å²) in [6.07, 6.45) is 6.11. The average Bonchev–Trinajstić information content (AvgIpc) is 2.71. The maximum absolute atomic E-state index is 4.05. The van der Waals surface area contributed by atoms with E-state index < -0.39 is 0 Å². The van der Waals surface area contributed by atoms with Gasteiger partial charge in [-0.25, -0.2) is 4.98 Å². The largest absolute Gasteiger partial charge is 0.357 e. The second-order valence-electron chi connectivity index (χ2n) is 4.08. The Morgan fingerprint density at radius 3 is 2.79 bits per heavy atom. The first-order valence-electron chi connectivity index (χ1n) is 5.17. The topological polar surface area (TPSA) is 35.2 Å². The summed E-state index contributed by atoms with van der Waals surface area (Å²) in [6.45, 7) is 2.40. The van der Waals surface area contributed by atoms with E-state index in [0.29, 0.717) is 6.04 Å². The summed E-state index contributed by atoms with van der Waals surface area (Å²) >= 11 is 0. The molecule has 1 N–H and O–H groups in total. The van der Waals surface area contributed by atoms with E-state index in [1.807, 2.05) is 6.20 Å². The van der Waals surface area contributed by atoms with Gasteiger partial charge in [-0.15, -0.1) is 0 Å². The van der Waals surface area contributed by atoms with Crippen molar-refractivity contribution in [3.63, 3.8) is 0 Å². The predicted molar refractivity (Wildman–Crippen MR) is 57.5 cm³/mol. The molecule has 4 nitrogen and oxygen atoms in total. The van der Waals surface area contributed by atoms with Crippen molar-refractivity contribution in [3.8, 4) is 0 Å². The van der Waals surface area contributed by atoms with Crippen molar-refractivity contribution in [2.45, 2.75) is 18.9 Å². The Kier molecular flexibility index (Phi) is 2.72. The number of piperidine rings is 1. The van der Waals surface area contributed by atoms with E-state index in [0.717, 1.165) is 5.82 Å². The maximum atomic E-state index is 4.05. The van der Waals surface area contributed by atoms with Gasteiger partial charge in [-0.3, -0.25) is 0 Å². The van der Waals surface area contributed by atoms with Gasteiger partial charge >= 0.3 is 0 Å². The van der Waals surface area contributed by atoms with Crippen LogP contribution in [0.2, 0.25) is 0 Å². The second-order valence-corrected chi connectivity index (χ2v) is 4.08. The van der Waals surface area contributed by atoms with E-state index in [1.54, 1.807) is 6.33 Å². The molecule has 0 amide bonds. The molecular weight excluding hydrogens is 176 g/mol. The van der Waals surface area contributed by atoms with Crippen LogP contribution in [-0.2, 0) is 0 Å². The summed E-state index contributed by atoms with van der Waals surface area (Å²) in [5, 5.41) is 0. The molecule has 78 valence electrons. The number of aromatic nitrogens is 2. The lowest BCUT2D eigenvalue weighted by Crippen LogP contribution is -2.42. The molecule has 1 saturated heterocycles. The summed E-state index contributed by atoms with van der Waals surface area (Å²) in [6, 6.07) is 0.659. The molecule has 0 aliphatic carbocycles. The van der Waals surface area contributed by atoms with Crippen molar-refractivity contribution >= 4 is 5.82 Å². The van der Waals surface area contributed by atoms with Gasteiger partial charge in [0.1, 0.15) is 5.82 Å². The van der Waals surface area contributed by atoms with Gasteiger partial charge in [-0.1, -0.05) is 0 Å². The normalized spacial score (nSPS) is 19.9. The second kappa shape index (κ2) is 4.00. The number of imidazole rings is 1. The molecule has 0 atom stereocenters. The SMILES string of the molecule is CN1CCC(N(C)c2cnc[nH]2)CC1. The smallest absolute Gasteiger partial charge is 0.125 e. The third-order valence-electron chi connectivity index (χ3n) is 3.10. The van der Waals surface area contributed by atoms with Gasteiger partial charge < -0.3 is 14.8 Å². The van der Waals surface area contributed by atoms with Crippen LogP contribution >= 0.6 is 0 Å². The van der Waals surface area contributed by atoms with Crippen LogP contribution < -0.4 is 4.90 Å². The summed E-state index contributed by atoms with van der Waals surface area (Å²) in [7, 11) is 4.33. The van der Waals surface area contributed by atoms with Gasteiger partial charge in [0.05, 0.1) is 12.5 Å². The first-order chi connectivity index (χ1) is 6.77. The zero-order valence-electron chi connectivity index (χ0n) is 8.90. The number of H-pyrrole nitrogens is 1. The van der Waals surface area contributed by atoms with E-state index in [-0.39, 0.29) is 0 Å². The van der Waals surface area contributed by atoms with Crippen molar-refractivity contribution in [3.05, 3.63) is 12.5 Å². The third kappa shape index (κ3) is 1.90. The molecule has 2 heterocycles. The Labute approximate surface area is 84.9 Å². The van der Waals surface area contributed by atoms with Gasteiger partial charge in [0.2, 0.25) is 0 Å². The molecule has 4 heteroatoms. The molecule has 0 unspecified atom stereocenters. The van der Waals surface area contributed by atoms with Crippen LogP contribution in [0, 0.1) is 0 Å². The molecule has 1 aliphatic rings. The number of likely N-dealkylation sites (tertiary alicyclic amines) is 1. The maximum Gasteiger partial charge on any atom is 0.125 e. The van der Waals surface area contributed by atoms with E-state index in [4.69, 9.17) is 0 Å². The van der Waals surface area contributed by atoms with Crippen LogP contribution in [0.1, 0.15) is 12.8 Å². The summed E-state index contributed by atoms with van der Waals surface area (Å²) in [5.74, 6) is 1.12. The number of nitrogens with one attached hydrogen (secondary N) is 1. The molecule has 1 fully saturated rings. The number of anilines is 1. The quantitative estimate of drug-likeness (QED) is 0.761. The number of hydrogen-bond donors (Lipinski definition) is 1. The third-order valence-corrected chi connectivity index (χ3v) is 3.10. The Morgan fingerprint density at radius 2 is 2.21 bits per heavy atom. The Morgan fingerprint density at radius 1 is 1.50 bits per heavy atom. The zero-order valence-corrected chi connectivity index (χ0v) is 8.90. The fourth-order valence-corrected chi connectivity index (χ4v) is 2.02.